The molecule has 1 unspecified atom stereocenters. The van der Waals surface area contributed by atoms with Crippen molar-refractivity contribution in [3.63, 3.8) is 0 Å². The molecule has 2 nitrogen and oxygen atoms in total. The molecule has 0 aromatic carbocycles. The normalized spacial score (nSPS) is 18.0. The van der Waals surface area contributed by atoms with E-state index in [1.807, 2.05) is 0 Å². The van der Waals surface area contributed by atoms with Crippen molar-refractivity contribution in [2.75, 3.05) is 0 Å². The topological polar surface area (TPSA) is 40.1 Å². The van der Waals surface area contributed by atoms with Gasteiger partial charge in [0.25, 0.3) is 5.67 Å². The number of hydrogen-bond acceptors (Lipinski definition) is 2. The fourth-order valence-corrected chi connectivity index (χ4v) is 1.43. The minimum atomic E-state index is -8.45. The molecule has 150 valence electrons. The van der Waals surface area contributed by atoms with Crippen LogP contribution in [0.25, 0.3) is 0 Å². The quantitative estimate of drug-likeness (QED) is 0.665. The summed E-state index contributed by atoms with van der Waals surface area (Å²) in [6.07, 6.45) is -23.9. The summed E-state index contributed by atoms with van der Waals surface area (Å²) in [6.45, 7) is 0. The Morgan fingerprint density at radius 2 is 0.800 bits per heavy atom. The fourth-order valence-electron chi connectivity index (χ4n) is 1.43. The molecular weight excluding hydrogens is 413 g/mol. The van der Waals surface area contributed by atoms with Gasteiger partial charge < -0.3 is 9.90 Å². The summed E-state index contributed by atoms with van der Waals surface area (Å²) in [4.78, 5) is 10.1. The van der Waals surface area contributed by atoms with Crippen molar-refractivity contribution in [1.82, 2.24) is 0 Å². The molecule has 0 fully saturated rings. The van der Waals surface area contributed by atoms with E-state index in [4.69, 9.17) is 0 Å². The van der Waals surface area contributed by atoms with Crippen LogP contribution in [0.4, 0.5) is 65.9 Å². The van der Waals surface area contributed by atoms with Crippen LogP contribution in [0.5, 0.6) is 0 Å². The molecule has 0 spiro atoms. The number of carbonyl (C=O) groups excluding carboxylic acids is 1. The number of hydrogen-bond donors (Lipinski definition) is 0. The number of halogens is 15. The van der Waals surface area contributed by atoms with Crippen LogP contribution in [-0.2, 0) is 4.79 Å². The minimum Gasteiger partial charge on any atom is -0.546 e. The van der Waals surface area contributed by atoms with E-state index in [1.54, 1.807) is 0 Å². The molecule has 0 saturated heterocycles. The maximum absolute atomic E-state index is 13.6. The second-order valence-corrected chi connectivity index (χ2v) is 4.25. The van der Waals surface area contributed by atoms with E-state index in [0.717, 1.165) is 0 Å². The Hall–Kier alpha value is -1.58. The van der Waals surface area contributed by atoms with Gasteiger partial charge in [-0.05, 0) is 0 Å². The van der Waals surface area contributed by atoms with Gasteiger partial charge in [0.05, 0.1) is 5.97 Å². The van der Waals surface area contributed by atoms with Crippen molar-refractivity contribution in [2.45, 2.75) is 41.7 Å². The molecule has 0 saturated carbocycles. The van der Waals surface area contributed by atoms with Gasteiger partial charge in [0.1, 0.15) is 0 Å². The fraction of sp³-hybridized carbons (Fsp3) is 0.875. The van der Waals surface area contributed by atoms with Crippen LogP contribution in [-0.4, -0.2) is 47.7 Å². The monoisotopic (exact) mass is 413 g/mol. The molecule has 0 aliphatic rings. The average molecular weight is 413 g/mol. The highest BCUT2D eigenvalue weighted by molar-refractivity contribution is 5.80. The van der Waals surface area contributed by atoms with Crippen molar-refractivity contribution < 1.29 is 75.8 Å². The summed E-state index contributed by atoms with van der Waals surface area (Å²) < 4.78 is 187. The molecule has 0 radical (unpaired) electrons. The van der Waals surface area contributed by atoms with Gasteiger partial charge in [-0.15, -0.1) is 0 Å². The first-order chi connectivity index (χ1) is 10.4. The molecule has 0 heterocycles. The van der Waals surface area contributed by atoms with Crippen LogP contribution >= 0.6 is 0 Å². The predicted octanol–water partition coefficient (Wildman–Crippen LogP) is 3.11. The first kappa shape index (κ1) is 23.4. The van der Waals surface area contributed by atoms with Crippen LogP contribution in [0.2, 0.25) is 0 Å². The lowest BCUT2D eigenvalue weighted by Gasteiger charge is -2.46. The molecule has 1 atom stereocenters. The molecule has 0 aliphatic carbocycles. The van der Waals surface area contributed by atoms with Crippen LogP contribution in [0, 0.1) is 0 Å². The van der Waals surface area contributed by atoms with Crippen LogP contribution < -0.4 is 5.11 Å². The summed E-state index contributed by atoms with van der Waals surface area (Å²) in [5.74, 6) is -21.8. The van der Waals surface area contributed by atoms with E-state index in [2.05, 4.69) is 0 Å². The Morgan fingerprint density at radius 3 is 0.960 bits per heavy atom. The summed E-state index contributed by atoms with van der Waals surface area (Å²) in [7, 11) is 0. The molecule has 17 heteroatoms. The number of carboxylic acid groups (broad SMARTS) is 1. The Morgan fingerprint density at radius 1 is 0.520 bits per heavy atom. The third kappa shape index (κ3) is 2.74. The lowest BCUT2D eigenvalue weighted by atomic mass is 9.77. The number of alkyl halides is 15. The van der Waals surface area contributed by atoms with Gasteiger partial charge in [0, 0.05) is 0 Å². The van der Waals surface area contributed by atoms with E-state index in [-0.39, 0.29) is 0 Å². The predicted molar refractivity (Wildman–Crippen MR) is 40.7 cm³/mol. The smallest absolute Gasteiger partial charge is 0.460 e. The van der Waals surface area contributed by atoms with Gasteiger partial charge in [0.2, 0.25) is 0 Å². The number of rotatable bonds is 4. The highest BCUT2D eigenvalue weighted by atomic mass is 19.4. The zero-order valence-corrected chi connectivity index (χ0v) is 10.5. The Kier molecular flexibility index (Phi) is 5.11. The van der Waals surface area contributed by atoms with Gasteiger partial charge >= 0.3 is 36.0 Å². The average Bonchev–Trinajstić information content (AvgIpc) is 2.31. The second kappa shape index (κ2) is 5.46. The SMILES string of the molecule is O=C([O-])C(F)(C(F)(F)C(F)(F)C(F)(F)F)C(F)(C(F)(F)F)C(F)(F)F. The van der Waals surface area contributed by atoms with Crippen molar-refractivity contribution in [2.24, 2.45) is 0 Å². The van der Waals surface area contributed by atoms with E-state index >= 15 is 0 Å². The maximum Gasteiger partial charge on any atom is 0.460 e. The molecule has 0 aliphatic heterocycles. The first-order valence-electron chi connectivity index (χ1n) is 4.99. The van der Waals surface area contributed by atoms with E-state index in [9.17, 15) is 75.8 Å². The van der Waals surface area contributed by atoms with Crippen molar-refractivity contribution in [3.8, 4) is 0 Å². The standard InChI is InChI=1S/C8HF15O2/c9-2(1(24)25,3(10,6(15,16)17)7(18,19)20)4(11,12)5(13,14)8(21,22)23/h(H,24,25)/p-1. The number of carboxylic acids is 1. The molecule has 0 aromatic heterocycles. The van der Waals surface area contributed by atoms with Crippen molar-refractivity contribution in [3.05, 3.63) is 0 Å². The van der Waals surface area contributed by atoms with Crippen LogP contribution in [0.3, 0.4) is 0 Å². The van der Waals surface area contributed by atoms with E-state index in [0.29, 0.717) is 0 Å². The molecule has 0 N–H and O–H groups in total. The minimum absolute atomic E-state index is 5.15. The van der Waals surface area contributed by atoms with Gasteiger partial charge in [0.15, 0.2) is 0 Å². The van der Waals surface area contributed by atoms with Crippen LogP contribution in [0.1, 0.15) is 0 Å². The Bertz CT molecular complexity index is 511. The highest BCUT2D eigenvalue weighted by Crippen LogP contribution is 2.63. The Balaban J connectivity index is 7.18. The van der Waals surface area contributed by atoms with E-state index in [1.165, 1.54) is 0 Å². The molecule has 0 amide bonds. The van der Waals surface area contributed by atoms with Gasteiger partial charge in [-0.3, -0.25) is 0 Å². The summed E-state index contributed by atoms with van der Waals surface area (Å²) in [5.41, 5.74) is -16.7. The summed E-state index contributed by atoms with van der Waals surface area (Å²) in [6, 6.07) is 0. The van der Waals surface area contributed by atoms with Crippen molar-refractivity contribution in [1.29, 1.82) is 0 Å². The first-order valence-corrected chi connectivity index (χ1v) is 4.99. The molecular formula is C8F15O2-. The van der Waals surface area contributed by atoms with Crippen LogP contribution in [0.15, 0.2) is 0 Å². The second-order valence-electron chi connectivity index (χ2n) is 4.25. The largest absolute Gasteiger partial charge is 0.546 e. The Labute approximate surface area is 125 Å². The molecule has 0 rings (SSSR count). The zero-order valence-electron chi connectivity index (χ0n) is 10.5. The number of aliphatic carboxylic acids is 1. The summed E-state index contributed by atoms with van der Waals surface area (Å²) >= 11 is 0. The maximum atomic E-state index is 13.6. The molecule has 25 heavy (non-hydrogen) atoms. The summed E-state index contributed by atoms with van der Waals surface area (Å²) in [5, 5.41) is 10.1. The van der Waals surface area contributed by atoms with Gasteiger partial charge in [-0.1, -0.05) is 0 Å². The number of carbonyl (C=O) groups is 1. The van der Waals surface area contributed by atoms with Gasteiger partial charge in [-0.2, -0.15) is 57.1 Å². The van der Waals surface area contributed by atoms with Crippen molar-refractivity contribution >= 4 is 5.97 Å². The lowest BCUT2D eigenvalue weighted by Crippen LogP contribution is -2.81. The third-order valence-electron chi connectivity index (χ3n) is 2.72. The van der Waals surface area contributed by atoms with E-state index < -0.39 is 47.7 Å². The highest BCUT2D eigenvalue weighted by Gasteiger charge is 2.95. The molecule has 0 bridgehead atoms. The van der Waals surface area contributed by atoms with Gasteiger partial charge in [-0.25, -0.2) is 8.78 Å². The lowest BCUT2D eigenvalue weighted by molar-refractivity contribution is -0.449. The third-order valence-corrected chi connectivity index (χ3v) is 2.72. The molecule has 0 aromatic rings. The zero-order chi connectivity index (χ0) is 21.1.